The fourth-order valence-corrected chi connectivity index (χ4v) is 1.42. The molecule has 0 saturated carbocycles. The van der Waals surface area contributed by atoms with E-state index in [1.165, 1.54) is 12.1 Å². The summed E-state index contributed by atoms with van der Waals surface area (Å²) in [5.41, 5.74) is 6.64. The maximum absolute atomic E-state index is 12.7. The molecule has 0 heterocycles. The van der Waals surface area contributed by atoms with Crippen molar-refractivity contribution in [3.8, 4) is 0 Å². The maximum atomic E-state index is 12.7. The van der Waals surface area contributed by atoms with Crippen molar-refractivity contribution < 1.29 is 13.9 Å². The number of hydrogen-bond donors (Lipinski definition) is 1. The first-order valence-corrected chi connectivity index (χ1v) is 6.11. The number of nitrogens with two attached hydrogens (primary N) is 1. The zero-order chi connectivity index (χ0) is 13.6. The number of halogens is 1. The van der Waals surface area contributed by atoms with Gasteiger partial charge in [-0.15, -0.1) is 0 Å². The lowest BCUT2D eigenvalue weighted by Crippen LogP contribution is -2.23. The Morgan fingerprint density at radius 1 is 1.17 bits per heavy atom. The van der Waals surface area contributed by atoms with Gasteiger partial charge in [0.15, 0.2) is 0 Å². The summed E-state index contributed by atoms with van der Waals surface area (Å²) in [5.74, 6) is -0.259. The third-order valence-electron chi connectivity index (χ3n) is 2.36. The van der Waals surface area contributed by atoms with Gasteiger partial charge in [-0.1, -0.05) is 12.1 Å². The van der Waals surface area contributed by atoms with Crippen molar-refractivity contribution in [3.05, 3.63) is 35.6 Å². The topological polar surface area (TPSA) is 44.5 Å². The summed E-state index contributed by atoms with van der Waals surface area (Å²) in [7, 11) is 0. The average molecular weight is 255 g/mol. The van der Waals surface area contributed by atoms with E-state index < -0.39 is 0 Å². The molecule has 0 radical (unpaired) electrons. The first-order valence-electron chi connectivity index (χ1n) is 6.11. The van der Waals surface area contributed by atoms with Crippen molar-refractivity contribution in [3.63, 3.8) is 0 Å². The summed E-state index contributed by atoms with van der Waals surface area (Å²) >= 11 is 0. The lowest BCUT2D eigenvalue weighted by Gasteiger charge is -2.20. The van der Waals surface area contributed by atoms with Crippen molar-refractivity contribution in [2.24, 2.45) is 5.73 Å². The molecular weight excluding hydrogens is 233 g/mol. The Morgan fingerprint density at radius 3 is 2.33 bits per heavy atom. The minimum Gasteiger partial charge on any atom is -0.377 e. The highest BCUT2D eigenvalue weighted by Crippen LogP contribution is 2.11. The van der Waals surface area contributed by atoms with Gasteiger partial charge in [-0.3, -0.25) is 0 Å². The predicted molar refractivity (Wildman–Crippen MR) is 69.9 cm³/mol. The van der Waals surface area contributed by atoms with Crippen molar-refractivity contribution >= 4 is 0 Å². The Labute approximate surface area is 108 Å². The van der Waals surface area contributed by atoms with Crippen LogP contribution in [0.4, 0.5) is 4.39 Å². The van der Waals surface area contributed by atoms with Gasteiger partial charge in [0.1, 0.15) is 5.82 Å². The molecule has 1 aromatic carbocycles. The van der Waals surface area contributed by atoms with Gasteiger partial charge in [0.2, 0.25) is 0 Å². The molecule has 2 N–H and O–H groups in total. The maximum Gasteiger partial charge on any atom is 0.123 e. The van der Waals surface area contributed by atoms with E-state index >= 15 is 0 Å². The molecular formula is C14H22FNO2. The van der Waals surface area contributed by atoms with Gasteiger partial charge in [-0.05, 0) is 38.5 Å². The molecule has 1 aromatic rings. The molecule has 0 fully saturated rings. The van der Waals surface area contributed by atoms with Gasteiger partial charge >= 0.3 is 0 Å². The second kappa shape index (κ2) is 6.83. The van der Waals surface area contributed by atoms with Crippen LogP contribution in [0.25, 0.3) is 0 Å². The zero-order valence-electron chi connectivity index (χ0n) is 11.3. The normalized spacial score (nSPS) is 13.6. The number of rotatable bonds is 6. The Hall–Kier alpha value is -0.970. The molecule has 0 aliphatic heterocycles. The molecule has 102 valence electrons. The first kappa shape index (κ1) is 15.1. The second-order valence-electron chi connectivity index (χ2n) is 5.19. The first-order chi connectivity index (χ1) is 8.38. The molecule has 1 unspecified atom stereocenters. The molecule has 0 spiro atoms. The number of ether oxygens (including phenoxy) is 2. The molecule has 4 heteroatoms. The van der Waals surface area contributed by atoms with Gasteiger partial charge < -0.3 is 15.2 Å². The minimum atomic E-state index is -0.259. The number of benzene rings is 1. The highest BCUT2D eigenvalue weighted by molar-refractivity contribution is 5.19. The third-order valence-corrected chi connectivity index (χ3v) is 2.36. The van der Waals surface area contributed by atoms with Crippen LogP contribution < -0.4 is 5.73 Å². The summed E-state index contributed by atoms with van der Waals surface area (Å²) in [5, 5.41) is 0. The molecule has 0 aromatic heterocycles. The highest BCUT2D eigenvalue weighted by atomic mass is 19.1. The van der Waals surface area contributed by atoms with Crippen molar-refractivity contribution in [1.29, 1.82) is 0 Å². The Bertz CT molecular complexity index is 346. The van der Waals surface area contributed by atoms with E-state index in [-0.39, 0.29) is 17.5 Å². The van der Waals surface area contributed by atoms with Gasteiger partial charge in [-0.2, -0.15) is 0 Å². The SMILES string of the molecule is CC(C)(C)OCCOCC(N)c1ccc(F)cc1. The summed E-state index contributed by atoms with van der Waals surface area (Å²) in [4.78, 5) is 0. The van der Waals surface area contributed by atoms with Crippen LogP contribution in [0.15, 0.2) is 24.3 Å². The second-order valence-corrected chi connectivity index (χ2v) is 5.19. The van der Waals surface area contributed by atoms with E-state index in [1.807, 2.05) is 20.8 Å². The van der Waals surface area contributed by atoms with Gasteiger partial charge in [0, 0.05) is 0 Å². The summed E-state index contributed by atoms with van der Waals surface area (Å²) < 4.78 is 23.7. The van der Waals surface area contributed by atoms with Gasteiger partial charge in [0.25, 0.3) is 0 Å². The van der Waals surface area contributed by atoms with Crippen LogP contribution in [0.3, 0.4) is 0 Å². The van der Waals surface area contributed by atoms with Gasteiger partial charge in [0.05, 0.1) is 31.5 Å². The molecule has 18 heavy (non-hydrogen) atoms. The molecule has 1 atom stereocenters. The molecule has 1 rings (SSSR count). The van der Waals surface area contributed by atoms with E-state index in [1.54, 1.807) is 12.1 Å². The van der Waals surface area contributed by atoms with Crippen LogP contribution in [0.1, 0.15) is 32.4 Å². The standard InChI is InChI=1S/C14H22FNO2/c1-14(2,3)18-9-8-17-10-13(16)11-4-6-12(15)7-5-11/h4-7,13H,8-10,16H2,1-3H3. The van der Waals surface area contributed by atoms with Crippen LogP contribution in [-0.4, -0.2) is 25.4 Å². The smallest absolute Gasteiger partial charge is 0.123 e. The Morgan fingerprint density at radius 2 is 1.78 bits per heavy atom. The molecule has 0 saturated heterocycles. The highest BCUT2D eigenvalue weighted by Gasteiger charge is 2.10. The summed E-state index contributed by atoms with van der Waals surface area (Å²) in [6.07, 6.45) is 0. The Balaban J connectivity index is 2.21. The minimum absolute atomic E-state index is 0.150. The monoisotopic (exact) mass is 255 g/mol. The summed E-state index contributed by atoms with van der Waals surface area (Å²) in [6, 6.07) is 5.92. The molecule has 0 aliphatic carbocycles. The molecule has 0 bridgehead atoms. The van der Waals surface area contributed by atoms with Crippen LogP contribution in [-0.2, 0) is 9.47 Å². The predicted octanol–water partition coefficient (Wildman–Crippen LogP) is 2.66. The van der Waals surface area contributed by atoms with E-state index in [4.69, 9.17) is 15.2 Å². The molecule has 0 amide bonds. The fraction of sp³-hybridized carbons (Fsp3) is 0.571. The lowest BCUT2D eigenvalue weighted by molar-refractivity contribution is -0.0363. The Kier molecular flexibility index (Phi) is 5.72. The van der Waals surface area contributed by atoms with E-state index in [2.05, 4.69) is 0 Å². The van der Waals surface area contributed by atoms with Crippen molar-refractivity contribution in [2.45, 2.75) is 32.4 Å². The van der Waals surface area contributed by atoms with E-state index in [0.717, 1.165) is 5.56 Å². The van der Waals surface area contributed by atoms with Crippen molar-refractivity contribution in [1.82, 2.24) is 0 Å². The largest absolute Gasteiger partial charge is 0.377 e. The zero-order valence-corrected chi connectivity index (χ0v) is 11.3. The molecule has 0 aliphatic rings. The van der Waals surface area contributed by atoms with E-state index in [9.17, 15) is 4.39 Å². The average Bonchev–Trinajstić information content (AvgIpc) is 2.27. The number of hydrogen-bond acceptors (Lipinski definition) is 3. The van der Waals surface area contributed by atoms with Crippen LogP contribution in [0.2, 0.25) is 0 Å². The third kappa shape index (κ3) is 6.10. The van der Waals surface area contributed by atoms with Crippen LogP contribution in [0, 0.1) is 5.82 Å². The molecule has 3 nitrogen and oxygen atoms in total. The lowest BCUT2D eigenvalue weighted by atomic mass is 10.1. The quantitative estimate of drug-likeness (QED) is 0.795. The van der Waals surface area contributed by atoms with Gasteiger partial charge in [-0.25, -0.2) is 4.39 Å². The van der Waals surface area contributed by atoms with Crippen LogP contribution >= 0.6 is 0 Å². The van der Waals surface area contributed by atoms with Crippen LogP contribution in [0.5, 0.6) is 0 Å². The van der Waals surface area contributed by atoms with Crippen molar-refractivity contribution in [2.75, 3.05) is 19.8 Å². The fourth-order valence-electron chi connectivity index (χ4n) is 1.42. The van der Waals surface area contributed by atoms with E-state index in [0.29, 0.717) is 19.8 Å². The summed E-state index contributed by atoms with van der Waals surface area (Å²) in [6.45, 7) is 7.44.